The molecule has 0 radical (unpaired) electrons. The van der Waals surface area contributed by atoms with Gasteiger partial charge in [-0.05, 0) is 23.8 Å². The van der Waals surface area contributed by atoms with Gasteiger partial charge in [-0.15, -0.1) is 0 Å². The van der Waals surface area contributed by atoms with Crippen LogP contribution in [0.5, 0.6) is 0 Å². The number of rotatable bonds is 6. The Balaban J connectivity index is 1.76. The highest BCUT2D eigenvalue weighted by Crippen LogP contribution is 2.23. The van der Waals surface area contributed by atoms with Gasteiger partial charge < -0.3 is 10.6 Å². The zero-order valence-corrected chi connectivity index (χ0v) is 13.2. The molecule has 2 N–H and O–H groups in total. The van der Waals surface area contributed by atoms with Crippen LogP contribution in [0.3, 0.4) is 0 Å². The fraction of sp³-hybridized carbons (Fsp3) is 0.0526. The molecule has 3 aromatic rings. The van der Waals surface area contributed by atoms with E-state index in [-0.39, 0.29) is 5.69 Å². The minimum atomic E-state index is -0.723. The topological polar surface area (TPSA) is 54.0 Å². The molecule has 4 nitrogen and oxygen atoms in total. The van der Waals surface area contributed by atoms with Crippen molar-refractivity contribution >= 4 is 23.5 Å². The highest BCUT2D eigenvalue weighted by atomic mass is 19.1. The van der Waals surface area contributed by atoms with E-state index >= 15 is 0 Å². The number of hydrogen-bond donors (Lipinski definition) is 2. The number of halogens is 2. The molecule has 0 aliphatic carbocycles. The first kappa shape index (κ1) is 16.6. The summed E-state index contributed by atoms with van der Waals surface area (Å²) in [4.78, 5) is 15.5. The van der Waals surface area contributed by atoms with Gasteiger partial charge in [-0.3, -0.25) is 4.79 Å². The first-order valence-corrected chi connectivity index (χ1v) is 7.61. The lowest BCUT2D eigenvalue weighted by molar-refractivity contribution is 0.112. The summed E-state index contributed by atoms with van der Waals surface area (Å²) < 4.78 is 26.6. The van der Waals surface area contributed by atoms with Crippen LogP contribution >= 0.6 is 0 Å². The van der Waals surface area contributed by atoms with E-state index in [4.69, 9.17) is 0 Å². The van der Waals surface area contributed by atoms with Gasteiger partial charge >= 0.3 is 0 Å². The molecular weight excluding hydrogens is 324 g/mol. The van der Waals surface area contributed by atoms with Crippen LogP contribution in [0, 0.1) is 11.6 Å². The second-order valence-electron chi connectivity index (χ2n) is 5.37. The zero-order valence-electron chi connectivity index (χ0n) is 13.2. The number of aromatic nitrogens is 1. The Morgan fingerprint density at radius 2 is 1.84 bits per heavy atom. The minimum absolute atomic E-state index is 0.102. The Labute approximate surface area is 143 Å². The Morgan fingerprint density at radius 1 is 1.04 bits per heavy atom. The maximum absolute atomic E-state index is 13.7. The summed E-state index contributed by atoms with van der Waals surface area (Å²) >= 11 is 0. The Hall–Kier alpha value is -3.28. The van der Waals surface area contributed by atoms with Crippen LogP contribution in [0.4, 0.5) is 26.0 Å². The van der Waals surface area contributed by atoms with Crippen LogP contribution in [0.2, 0.25) is 0 Å². The summed E-state index contributed by atoms with van der Waals surface area (Å²) in [5.74, 6) is -0.946. The second kappa shape index (κ2) is 7.53. The molecule has 3 rings (SSSR count). The Kier molecular flexibility index (Phi) is 4.99. The van der Waals surface area contributed by atoms with Gasteiger partial charge in [0.25, 0.3) is 0 Å². The summed E-state index contributed by atoms with van der Waals surface area (Å²) in [5, 5.41) is 5.88. The second-order valence-corrected chi connectivity index (χ2v) is 5.37. The van der Waals surface area contributed by atoms with Crippen molar-refractivity contribution < 1.29 is 13.6 Å². The van der Waals surface area contributed by atoms with Crippen molar-refractivity contribution in [1.82, 2.24) is 4.98 Å². The number of carbonyl (C=O) groups is 1. The molecule has 0 unspecified atom stereocenters. The number of pyridine rings is 1. The highest BCUT2D eigenvalue weighted by Gasteiger charge is 2.08. The zero-order chi connectivity index (χ0) is 17.6. The fourth-order valence-corrected chi connectivity index (χ4v) is 2.32. The van der Waals surface area contributed by atoms with Crippen molar-refractivity contribution in [3.05, 3.63) is 83.6 Å². The molecule has 1 aromatic heterocycles. The van der Waals surface area contributed by atoms with Crippen molar-refractivity contribution in [2.24, 2.45) is 0 Å². The van der Waals surface area contributed by atoms with E-state index < -0.39 is 11.6 Å². The number of benzene rings is 2. The van der Waals surface area contributed by atoms with Crippen molar-refractivity contribution in [1.29, 1.82) is 0 Å². The standard InChI is InChI=1S/C19H15F2N3O/c20-15-6-7-18(17(21)9-15)24-16-8-14(12-25)19(23-11-16)22-10-13-4-2-1-3-5-13/h1-9,11-12,24H,10H2,(H,22,23). The van der Waals surface area contributed by atoms with Crippen LogP contribution < -0.4 is 10.6 Å². The Morgan fingerprint density at radius 3 is 2.56 bits per heavy atom. The van der Waals surface area contributed by atoms with Gasteiger partial charge in [0.2, 0.25) is 0 Å². The van der Waals surface area contributed by atoms with Crippen molar-refractivity contribution in [2.45, 2.75) is 6.54 Å². The first-order chi connectivity index (χ1) is 12.2. The number of carbonyl (C=O) groups excluding carboxylic acids is 1. The third-order valence-electron chi connectivity index (χ3n) is 3.56. The molecule has 0 fully saturated rings. The summed E-state index contributed by atoms with van der Waals surface area (Å²) in [6.45, 7) is 0.522. The molecule has 1 heterocycles. The SMILES string of the molecule is O=Cc1cc(Nc2ccc(F)cc2F)cnc1NCc1ccccc1. The lowest BCUT2D eigenvalue weighted by Gasteiger charge is -2.11. The molecule has 0 amide bonds. The molecule has 6 heteroatoms. The third kappa shape index (κ3) is 4.17. The first-order valence-electron chi connectivity index (χ1n) is 7.61. The van der Waals surface area contributed by atoms with E-state index in [9.17, 15) is 13.6 Å². The van der Waals surface area contributed by atoms with Crippen LogP contribution in [0.15, 0.2) is 60.8 Å². The predicted octanol–water partition coefficient (Wildman–Crippen LogP) is 4.53. The van der Waals surface area contributed by atoms with E-state index in [2.05, 4.69) is 15.6 Å². The fourth-order valence-electron chi connectivity index (χ4n) is 2.32. The number of anilines is 3. The third-order valence-corrected chi connectivity index (χ3v) is 3.56. The molecule has 0 saturated carbocycles. The summed E-state index contributed by atoms with van der Waals surface area (Å²) in [6.07, 6.45) is 2.15. The molecule has 126 valence electrons. The van der Waals surface area contributed by atoms with Crippen LogP contribution in [0.1, 0.15) is 15.9 Å². The maximum atomic E-state index is 13.7. The molecule has 0 bridgehead atoms. The number of hydrogen-bond acceptors (Lipinski definition) is 4. The maximum Gasteiger partial charge on any atom is 0.153 e. The lowest BCUT2D eigenvalue weighted by atomic mass is 10.2. The summed E-state index contributed by atoms with van der Waals surface area (Å²) in [5.41, 5.74) is 1.92. The highest BCUT2D eigenvalue weighted by molar-refractivity contribution is 5.84. The molecule has 0 aliphatic heterocycles. The average Bonchev–Trinajstić information content (AvgIpc) is 2.63. The molecule has 0 spiro atoms. The van der Waals surface area contributed by atoms with Gasteiger partial charge in [0, 0.05) is 12.6 Å². The van der Waals surface area contributed by atoms with Crippen molar-refractivity contribution in [3.8, 4) is 0 Å². The van der Waals surface area contributed by atoms with Gasteiger partial charge in [-0.1, -0.05) is 30.3 Å². The minimum Gasteiger partial charge on any atom is -0.365 e. The molecule has 0 aliphatic rings. The van der Waals surface area contributed by atoms with E-state index in [1.165, 1.54) is 12.3 Å². The van der Waals surface area contributed by atoms with E-state index in [0.29, 0.717) is 29.9 Å². The van der Waals surface area contributed by atoms with Crippen molar-refractivity contribution in [3.63, 3.8) is 0 Å². The van der Waals surface area contributed by atoms with E-state index in [1.807, 2.05) is 30.3 Å². The number of aldehydes is 1. The molecular formula is C19H15F2N3O. The largest absolute Gasteiger partial charge is 0.365 e. The van der Waals surface area contributed by atoms with Gasteiger partial charge in [0.15, 0.2) is 6.29 Å². The van der Waals surface area contributed by atoms with Gasteiger partial charge in [-0.2, -0.15) is 0 Å². The normalized spacial score (nSPS) is 10.3. The van der Waals surface area contributed by atoms with Crippen LogP contribution in [-0.4, -0.2) is 11.3 Å². The van der Waals surface area contributed by atoms with E-state index in [1.54, 1.807) is 6.07 Å². The lowest BCUT2D eigenvalue weighted by Crippen LogP contribution is -2.05. The molecule has 0 atom stereocenters. The smallest absolute Gasteiger partial charge is 0.153 e. The average molecular weight is 339 g/mol. The van der Waals surface area contributed by atoms with Crippen LogP contribution in [-0.2, 0) is 6.54 Å². The number of nitrogens with zero attached hydrogens (tertiary/aromatic N) is 1. The van der Waals surface area contributed by atoms with E-state index in [0.717, 1.165) is 17.7 Å². The van der Waals surface area contributed by atoms with Gasteiger partial charge in [0.1, 0.15) is 17.5 Å². The van der Waals surface area contributed by atoms with Gasteiger partial charge in [0.05, 0.1) is 23.1 Å². The molecule has 0 saturated heterocycles. The Bertz CT molecular complexity index is 885. The summed E-state index contributed by atoms with van der Waals surface area (Å²) in [7, 11) is 0. The van der Waals surface area contributed by atoms with Crippen LogP contribution in [0.25, 0.3) is 0 Å². The quantitative estimate of drug-likeness (QED) is 0.648. The summed E-state index contributed by atoms with van der Waals surface area (Å²) in [6, 6.07) is 14.5. The van der Waals surface area contributed by atoms with Gasteiger partial charge in [-0.25, -0.2) is 13.8 Å². The van der Waals surface area contributed by atoms with Crippen molar-refractivity contribution in [2.75, 3.05) is 10.6 Å². The monoisotopic (exact) mass is 339 g/mol. The molecule has 25 heavy (non-hydrogen) atoms. The predicted molar refractivity (Wildman–Crippen MR) is 93.0 cm³/mol. The number of nitrogens with one attached hydrogen (secondary N) is 2. The molecule has 2 aromatic carbocycles.